The minimum atomic E-state index is -4.02. The van der Waals surface area contributed by atoms with Gasteiger partial charge in [-0.05, 0) is 30.3 Å². The molecule has 0 aliphatic carbocycles. The van der Waals surface area contributed by atoms with E-state index in [0.717, 1.165) is 0 Å². The summed E-state index contributed by atoms with van der Waals surface area (Å²) in [6.45, 7) is 2.44. The molecule has 0 heterocycles. The zero-order valence-electron chi connectivity index (χ0n) is 15.5. The highest BCUT2D eigenvalue weighted by Crippen LogP contribution is 2.25. The van der Waals surface area contributed by atoms with E-state index in [1.807, 2.05) is 0 Å². The van der Waals surface area contributed by atoms with Crippen LogP contribution in [0.3, 0.4) is 0 Å². The lowest BCUT2D eigenvalue weighted by molar-refractivity contribution is -0.130. The molecule has 0 saturated heterocycles. The number of para-hydroxylation sites is 1. The molecule has 0 aliphatic heterocycles. The molecular weight excluding hydrogens is 370 g/mol. The maximum absolute atomic E-state index is 12.6. The molecule has 0 spiro atoms. The summed E-state index contributed by atoms with van der Waals surface area (Å²) in [5.74, 6) is 0.585. The number of amides is 1. The number of hydrogen-bond acceptors (Lipinski definition) is 6. The van der Waals surface area contributed by atoms with Crippen LogP contribution in [0.4, 0.5) is 0 Å². The molecule has 0 bridgehead atoms. The molecule has 0 aromatic heterocycles. The zero-order valence-corrected chi connectivity index (χ0v) is 16.4. The summed E-state index contributed by atoms with van der Waals surface area (Å²) in [7, 11) is -0.965. The van der Waals surface area contributed by atoms with Gasteiger partial charge >= 0.3 is 10.1 Å². The minimum Gasteiger partial charge on any atom is -0.497 e. The Bertz CT molecular complexity index is 864. The van der Waals surface area contributed by atoms with Gasteiger partial charge in [-0.1, -0.05) is 18.2 Å². The number of hydrogen-bond donors (Lipinski definition) is 0. The Morgan fingerprint density at radius 3 is 2.30 bits per heavy atom. The molecule has 146 valence electrons. The van der Waals surface area contributed by atoms with Gasteiger partial charge in [0, 0.05) is 32.7 Å². The van der Waals surface area contributed by atoms with E-state index in [1.54, 1.807) is 48.4 Å². The van der Waals surface area contributed by atoms with E-state index in [0.29, 0.717) is 24.5 Å². The van der Waals surface area contributed by atoms with Crippen LogP contribution in [0.1, 0.15) is 12.5 Å². The molecule has 0 aliphatic rings. The number of carbonyl (C=O) groups excluding carboxylic acids is 1. The number of carbonyl (C=O) groups is 1. The molecular formula is C19H23NO6S. The summed E-state index contributed by atoms with van der Waals surface area (Å²) in [6, 6.07) is 12.6. The third kappa shape index (κ3) is 5.70. The van der Waals surface area contributed by atoms with Crippen molar-refractivity contribution in [2.24, 2.45) is 0 Å². The topological polar surface area (TPSA) is 82.1 Å². The molecule has 1 amide bonds. The zero-order chi connectivity index (χ0) is 19.9. The average molecular weight is 393 g/mol. The van der Waals surface area contributed by atoms with E-state index in [4.69, 9.17) is 13.7 Å². The average Bonchev–Trinajstić information content (AvgIpc) is 2.66. The van der Waals surface area contributed by atoms with Gasteiger partial charge in [0.2, 0.25) is 5.91 Å². The second-order valence-electron chi connectivity index (χ2n) is 5.75. The van der Waals surface area contributed by atoms with E-state index in [1.165, 1.54) is 26.2 Å². The largest absolute Gasteiger partial charge is 0.497 e. The highest BCUT2D eigenvalue weighted by atomic mass is 32.2. The molecule has 27 heavy (non-hydrogen) atoms. The van der Waals surface area contributed by atoms with Gasteiger partial charge in [-0.3, -0.25) is 4.79 Å². The van der Waals surface area contributed by atoms with Crippen molar-refractivity contribution in [1.82, 2.24) is 4.90 Å². The van der Waals surface area contributed by atoms with E-state index < -0.39 is 10.1 Å². The van der Waals surface area contributed by atoms with Gasteiger partial charge < -0.3 is 18.6 Å². The van der Waals surface area contributed by atoms with Crippen LogP contribution in [-0.2, 0) is 26.2 Å². The lowest BCUT2D eigenvalue weighted by atomic mass is 10.2. The molecule has 0 fully saturated rings. The molecule has 2 aromatic carbocycles. The normalized spacial score (nSPS) is 11.1. The number of benzene rings is 2. The monoisotopic (exact) mass is 393 g/mol. The number of ether oxygens (including phenoxy) is 2. The SMILES string of the molecule is COCCN(Cc1ccccc1OS(=O)(=O)c1ccc(OC)cc1)C(C)=O. The first kappa shape index (κ1) is 20.7. The third-order valence-corrected chi connectivity index (χ3v) is 5.14. The third-order valence-electron chi connectivity index (χ3n) is 3.89. The van der Waals surface area contributed by atoms with E-state index >= 15 is 0 Å². The maximum Gasteiger partial charge on any atom is 0.339 e. The molecule has 2 aromatic rings. The Morgan fingerprint density at radius 1 is 1.04 bits per heavy atom. The first-order valence-corrected chi connectivity index (χ1v) is 9.69. The molecule has 0 atom stereocenters. The highest BCUT2D eigenvalue weighted by Gasteiger charge is 2.20. The Labute approximate surface area is 159 Å². The van der Waals surface area contributed by atoms with Gasteiger partial charge in [0.1, 0.15) is 16.4 Å². The van der Waals surface area contributed by atoms with Crippen molar-refractivity contribution in [1.29, 1.82) is 0 Å². The fourth-order valence-corrected chi connectivity index (χ4v) is 3.34. The standard InChI is InChI=1S/C19H23NO6S/c1-15(21)20(12-13-24-2)14-16-6-4-5-7-19(16)26-27(22,23)18-10-8-17(25-3)9-11-18/h4-11H,12-14H2,1-3H3. The maximum atomic E-state index is 12.6. The summed E-state index contributed by atoms with van der Waals surface area (Å²) in [6.07, 6.45) is 0. The van der Waals surface area contributed by atoms with E-state index in [9.17, 15) is 13.2 Å². The van der Waals surface area contributed by atoms with Crippen LogP contribution in [0.2, 0.25) is 0 Å². The van der Waals surface area contributed by atoms with Gasteiger partial charge in [0.15, 0.2) is 0 Å². The van der Waals surface area contributed by atoms with Crippen LogP contribution in [-0.4, -0.2) is 46.6 Å². The molecule has 8 heteroatoms. The Hall–Kier alpha value is -2.58. The molecule has 0 unspecified atom stereocenters. The van der Waals surface area contributed by atoms with Crippen molar-refractivity contribution in [3.05, 3.63) is 54.1 Å². The predicted molar refractivity (Wildman–Crippen MR) is 100 cm³/mol. The predicted octanol–water partition coefficient (Wildman–Crippen LogP) is 2.46. The smallest absolute Gasteiger partial charge is 0.339 e. The fourth-order valence-electron chi connectivity index (χ4n) is 2.38. The summed E-state index contributed by atoms with van der Waals surface area (Å²) >= 11 is 0. The van der Waals surface area contributed by atoms with Crippen LogP contribution in [0.15, 0.2) is 53.4 Å². The van der Waals surface area contributed by atoms with Crippen LogP contribution >= 0.6 is 0 Å². The molecule has 2 rings (SSSR count). The fraction of sp³-hybridized carbons (Fsp3) is 0.316. The van der Waals surface area contributed by atoms with Crippen molar-refractivity contribution in [2.75, 3.05) is 27.4 Å². The molecule has 0 radical (unpaired) electrons. The Kier molecular flexibility index (Phi) is 7.20. The Balaban J connectivity index is 2.24. The lowest BCUT2D eigenvalue weighted by Gasteiger charge is -2.22. The summed E-state index contributed by atoms with van der Waals surface area (Å²) in [4.78, 5) is 13.4. The van der Waals surface area contributed by atoms with Crippen LogP contribution < -0.4 is 8.92 Å². The quantitative estimate of drug-likeness (QED) is 0.609. The summed E-state index contributed by atoms with van der Waals surface area (Å²) in [5.41, 5.74) is 0.584. The molecule has 7 nitrogen and oxygen atoms in total. The van der Waals surface area contributed by atoms with Crippen LogP contribution in [0, 0.1) is 0 Å². The second-order valence-corrected chi connectivity index (χ2v) is 7.30. The lowest BCUT2D eigenvalue weighted by Crippen LogP contribution is -2.31. The first-order chi connectivity index (χ1) is 12.9. The summed E-state index contributed by atoms with van der Waals surface area (Å²) < 4.78 is 40.6. The van der Waals surface area contributed by atoms with Crippen molar-refractivity contribution < 1.29 is 26.9 Å². The highest BCUT2D eigenvalue weighted by molar-refractivity contribution is 7.87. The van der Waals surface area contributed by atoms with Crippen molar-refractivity contribution >= 4 is 16.0 Å². The number of rotatable bonds is 9. The first-order valence-electron chi connectivity index (χ1n) is 8.28. The molecule has 0 N–H and O–H groups in total. The van der Waals surface area contributed by atoms with E-state index in [2.05, 4.69) is 0 Å². The van der Waals surface area contributed by atoms with Gasteiger partial charge in [-0.25, -0.2) is 0 Å². The van der Waals surface area contributed by atoms with Crippen molar-refractivity contribution in [3.63, 3.8) is 0 Å². The van der Waals surface area contributed by atoms with Gasteiger partial charge in [-0.2, -0.15) is 8.42 Å². The van der Waals surface area contributed by atoms with Crippen LogP contribution in [0.25, 0.3) is 0 Å². The minimum absolute atomic E-state index is 0.0147. The molecule has 0 saturated carbocycles. The Morgan fingerprint density at radius 2 is 1.70 bits per heavy atom. The number of methoxy groups -OCH3 is 2. The van der Waals surface area contributed by atoms with Crippen LogP contribution in [0.5, 0.6) is 11.5 Å². The van der Waals surface area contributed by atoms with Gasteiger partial charge in [0.25, 0.3) is 0 Å². The van der Waals surface area contributed by atoms with Crippen molar-refractivity contribution in [3.8, 4) is 11.5 Å². The number of nitrogens with zero attached hydrogens (tertiary/aromatic N) is 1. The van der Waals surface area contributed by atoms with Gasteiger partial charge in [-0.15, -0.1) is 0 Å². The second kappa shape index (κ2) is 9.38. The van der Waals surface area contributed by atoms with Crippen molar-refractivity contribution in [2.45, 2.75) is 18.4 Å². The van der Waals surface area contributed by atoms with Gasteiger partial charge in [0.05, 0.1) is 13.7 Å². The summed E-state index contributed by atoms with van der Waals surface area (Å²) in [5, 5.41) is 0. The van der Waals surface area contributed by atoms with E-state index in [-0.39, 0.29) is 23.1 Å².